The maximum atomic E-state index is 13.1. The van der Waals surface area contributed by atoms with Gasteiger partial charge < -0.3 is 5.73 Å². The predicted octanol–water partition coefficient (Wildman–Crippen LogP) is 1.89. The second kappa shape index (κ2) is 4.35. The maximum Gasteiger partial charge on any atom is 0.317 e. The molecule has 0 heterocycles. The molecule has 0 amide bonds. The summed E-state index contributed by atoms with van der Waals surface area (Å²) in [5, 5.41) is 10.4. The second-order valence-electron chi connectivity index (χ2n) is 2.67. The SMILES string of the molecule is Nc1ccc(F)c([N+](=O)[O-])c1C(=O)CBr. The quantitative estimate of drug-likeness (QED) is 0.300. The lowest BCUT2D eigenvalue weighted by Crippen LogP contribution is -2.10. The number of hydrogen-bond donors (Lipinski definition) is 1. The lowest BCUT2D eigenvalue weighted by molar-refractivity contribution is -0.387. The van der Waals surface area contributed by atoms with Crippen molar-refractivity contribution >= 4 is 33.1 Å². The summed E-state index contributed by atoms with van der Waals surface area (Å²) in [6, 6.07) is 1.98. The van der Waals surface area contributed by atoms with Crippen LogP contribution in [0.5, 0.6) is 0 Å². The van der Waals surface area contributed by atoms with E-state index in [1.165, 1.54) is 0 Å². The summed E-state index contributed by atoms with van der Waals surface area (Å²) in [7, 11) is 0. The number of rotatable bonds is 3. The molecular weight excluding hydrogens is 271 g/mol. The van der Waals surface area contributed by atoms with Gasteiger partial charge in [0.2, 0.25) is 5.82 Å². The Balaban J connectivity index is 3.52. The summed E-state index contributed by atoms with van der Waals surface area (Å²) in [5.41, 5.74) is 4.02. The first-order chi connectivity index (χ1) is 6.99. The maximum absolute atomic E-state index is 13.1. The number of carbonyl (C=O) groups excluding carboxylic acids is 1. The molecule has 7 heteroatoms. The van der Waals surface area contributed by atoms with Crippen molar-refractivity contribution in [2.75, 3.05) is 11.1 Å². The van der Waals surface area contributed by atoms with Crippen LogP contribution in [0.3, 0.4) is 0 Å². The summed E-state index contributed by atoms with van der Waals surface area (Å²) in [4.78, 5) is 20.9. The topological polar surface area (TPSA) is 86.2 Å². The molecule has 15 heavy (non-hydrogen) atoms. The van der Waals surface area contributed by atoms with Crippen molar-refractivity contribution < 1.29 is 14.1 Å². The number of nitrogen functional groups attached to an aromatic ring is 1. The molecular formula is C8H6BrFN2O3. The second-order valence-corrected chi connectivity index (χ2v) is 3.23. The minimum absolute atomic E-state index is 0.104. The fourth-order valence-electron chi connectivity index (χ4n) is 1.12. The van der Waals surface area contributed by atoms with Gasteiger partial charge in [0.1, 0.15) is 5.56 Å². The smallest absolute Gasteiger partial charge is 0.317 e. The Hall–Kier alpha value is -1.50. The number of hydrogen-bond acceptors (Lipinski definition) is 4. The largest absolute Gasteiger partial charge is 0.398 e. The minimum atomic E-state index is -1.07. The van der Waals surface area contributed by atoms with Crippen molar-refractivity contribution in [2.45, 2.75) is 0 Å². The van der Waals surface area contributed by atoms with Crippen LogP contribution < -0.4 is 5.73 Å². The molecule has 0 bridgehead atoms. The number of nitro groups is 1. The number of carbonyl (C=O) groups is 1. The van der Waals surface area contributed by atoms with E-state index in [0.717, 1.165) is 12.1 Å². The Bertz CT molecular complexity index is 436. The molecule has 1 rings (SSSR count). The van der Waals surface area contributed by atoms with Gasteiger partial charge in [0.25, 0.3) is 0 Å². The van der Waals surface area contributed by atoms with Gasteiger partial charge in [-0.25, -0.2) is 0 Å². The van der Waals surface area contributed by atoms with Gasteiger partial charge in [-0.1, -0.05) is 15.9 Å². The van der Waals surface area contributed by atoms with Gasteiger partial charge in [0.05, 0.1) is 10.3 Å². The van der Waals surface area contributed by atoms with Crippen molar-refractivity contribution in [3.63, 3.8) is 0 Å². The van der Waals surface area contributed by atoms with Crippen LogP contribution >= 0.6 is 15.9 Å². The minimum Gasteiger partial charge on any atom is -0.398 e. The zero-order valence-corrected chi connectivity index (χ0v) is 8.95. The Morgan fingerprint density at radius 1 is 1.60 bits per heavy atom. The molecule has 0 radical (unpaired) electrons. The van der Waals surface area contributed by atoms with Gasteiger partial charge in [-0.15, -0.1) is 0 Å². The zero-order valence-electron chi connectivity index (χ0n) is 7.37. The Morgan fingerprint density at radius 3 is 2.67 bits per heavy atom. The molecule has 0 aliphatic carbocycles. The van der Waals surface area contributed by atoms with Crippen molar-refractivity contribution in [3.8, 4) is 0 Å². The van der Waals surface area contributed by atoms with E-state index >= 15 is 0 Å². The molecule has 0 aliphatic rings. The van der Waals surface area contributed by atoms with Crippen LogP contribution in [-0.2, 0) is 0 Å². The highest BCUT2D eigenvalue weighted by molar-refractivity contribution is 9.09. The van der Waals surface area contributed by atoms with Crippen molar-refractivity contribution in [1.29, 1.82) is 0 Å². The van der Waals surface area contributed by atoms with E-state index in [0.29, 0.717) is 0 Å². The fourth-order valence-corrected chi connectivity index (χ4v) is 1.40. The summed E-state index contributed by atoms with van der Waals surface area (Å²) in [6.45, 7) is 0. The van der Waals surface area contributed by atoms with Gasteiger partial charge in [-0.05, 0) is 12.1 Å². The van der Waals surface area contributed by atoms with Gasteiger partial charge >= 0.3 is 5.69 Å². The third kappa shape index (κ3) is 2.12. The fraction of sp³-hybridized carbons (Fsp3) is 0.125. The van der Waals surface area contributed by atoms with Gasteiger partial charge in [0, 0.05) is 5.69 Å². The van der Waals surface area contributed by atoms with E-state index in [2.05, 4.69) is 15.9 Å². The monoisotopic (exact) mass is 276 g/mol. The standard InChI is InChI=1S/C8H6BrFN2O3/c9-3-6(13)7-5(11)2-1-4(10)8(7)12(14)15/h1-2H,3,11H2. The van der Waals surface area contributed by atoms with Crippen molar-refractivity contribution in [1.82, 2.24) is 0 Å². The third-order valence-electron chi connectivity index (χ3n) is 1.74. The van der Waals surface area contributed by atoms with E-state index in [-0.39, 0.29) is 11.0 Å². The van der Waals surface area contributed by atoms with E-state index in [9.17, 15) is 19.3 Å². The van der Waals surface area contributed by atoms with Crippen molar-refractivity contribution in [2.24, 2.45) is 0 Å². The molecule has 0 aromatic heterocycles. The number of nitrogens with zero attached hydrogens (tertiary/aromatic N) is 1. The van der Waals surface area contributed by atoms with Crippen LogP contribution in [0.25, 0.3) is 0 Å². The van der Waals surface area contributed by atoms with Crippen LogP contribution in [0, 0.1) is 15.9 Å². The molecule has 0 fully saturated rings. The first-order valence-electron chi connectivity index (χ1n) is 3.80. The molecule has 0 unspecified atom stereocenters. The molecule has 2 N–H and O–H groups in total. The van der Waals surface area contributed by atoms with Crippen molar-refractivity contribution in [3.05, 3.63) is 33.6 Å². The molecule has 0 saturated heterocycles. The summed E-state index contributed by atoms with van der Waals surface area (Å²) >= 11 is 2.84. The van der Waals surface area contributed by atoms with Gasteiger partial charge in [-0.3, -0.25) is 14.9 Å². The summed E-state index contributed by atoms with van der Waals surface area (Å²) in [5.74, 6) is -1.70. The van der Waals surface area contributed by atoms with E-state index < -0.39 is 27.8 Å². The highest BCUT2D eigenvalue weighted by Crippen LogP contribution is 2.28. The molecule has 1 aromatic rings. The van der Waals surface area contributed by atoms with Gasteiger partial charge in [0.15, 0.2) is 5.78 Å². The Morgan fingerprint density at radius 2 is 2.20 bits per heavy atom. The highest BCUT2D eigenvalue weighted by Gasteiger charge is 2.26. The average Bonchev–Trinajstić information content (AvgIpc) is 2.19. The predicted molar refractivity (Wildman–Crippen MR) is 55.6 cm³/mol. The molecule has 1 aromatic carbocycles. The van der Waals surface area contributed by atoms with E-state index in [4.69, 9.17) is 5.73 Å². The zero-order chi connectivity index (χ0) is 11.6. The van der Waals surface area contributed by atoms with Crippen LogP contribution in [0.4, 0.5) is 15.8 Å². The molecule has 0 aliphatic heterocycles. The molecule has 0 spiro atoms. The van der Waals surface area contributed by atoms with E-state index in [1.807, 2.05) is 0 Å². The number of nitrogens with two attached hydrogens (primary N) is 1. The normalized spacial score (nSPS) is 10.0. The summed E-state index contributed by atoms with van der Waals surface area (Å²) < 4.78 is 13.1. The number of halogens is 2. The van der Waals surface area contributed by atoms with Crippen LogP contribution in [0.15, 0.2) is 12.1 Å². The third-order valence-corrected chi connectivity index (χ3v) is 2.25. The van der Waals surface area contributed by atoms with Crippen LogP contribution in [-0.4, -0.2) is 16.0 Å². The first kappa shape index (κ1) is 11.6. The van der Waals surface area contributed by atoms with E-state index in [1.54, 1.807) is 0 Å². The molecule has 0 atom stereocenters. The average molecular weight is 277 g/mol. The number of ketones is 1. The first-order valence-corrected chi connectivity index (χ1v) is 4.92. The Labute approximate surface area is 92.3 Å². The lowest BCUT2D eigenvalue weighted by atomic mass is 10.1. The number of nitro benzene ring substituents is 1. The number of alkyl halides is 1. The number of anilines is 1. The van der Waals surface area contributed by atoms with Crippen LogP contribution in [0.2, 0.25) is 0 Å². The number of Topliss-reactive ketones (excluding diaryl/α,β-unsaturated/α-hetero) is 1. The molecule has 0 saturated carbocycles. The van der Waals surface area contributed by atoms with Gasteiger partial charge in [-0.2, -0.15) is 4.39 Å². The molecule has 80 valence electrons. The Kier molecular flexibility index (Phi) is 3.35. The molecule has 5 nitrogen and oxygen atoms in total. The number of benzene rings is 1. The summed E-state index contributed by atoms with van der Waals surface area (Å²) in [6.07, 6.45) is 0. The highest BCUT2D eigenvalue weighted by atomic mass is 79.9. The lowest BCUT2D eigenvalue weighted by Gasteiger charge is -2.04. The van der Waals surface area contributed by atoms with Crippen LogP contribution in [0.1, 0.15) is 10.4 Å².